The van der Waals surface area contributed by atoms with Crippen molar-refractivity contribution in [3.05, 3.63) is 60.7 Å². The number of unbranched alkanes of at least 4 members (excludes halogenated alkanes) is 1. The van der Waals surface area contributed by atoms with Gasteiger partial charge in [-0.1, -0.05) is 99.3 Å². The van der Waals surface area contributed by atoms with E-state index >= 15 is 0 Å². The Morgan fingerprint density at radius 3 is 1.21 bits per heavy atom. The zero-order chi connectivity index (χ0) is 22.1. The summed E-state index contributed by atoms with van der Waals surface area (Å²) in [7, 11) is 10.7. The molecular formula is C22H32N2S5. The Balaban J connectivity index is 0.000000460. The third-order valence-corrected chi connectivity index (χ3v) is 8.31. The maximum absolute atomic E-state index is 5.07. The summed E-state index contributed by atoms with van der Waals surface area (Å²) in [5, 5.41) is 0. The fourth-order valence-electron chi connectivity index (χ4n) is 1.33. The number of nitrogens with zero attached hydrogens (tertiary/aromatic N) is 2. The van der Waals surface area contributed by atoms with Crippen molar-refractivity contribution < 1.29 is 0 Å². The van der Waals surface area contributed by atoms with E-state index in [9.17, 15) is 0 Å². The summed E-state index contributed by atoms with van der Waals surface area (Å²) < 4.78 is 1.67. The normalized spacial score (nSPS) is 9.31. The van der Waals surface area contributed by atoms with Crippen LogP contribution >= 0.6 is 57.8 Å². The van der Waals surface area contributed by atoms with Crippen LogP contribution in [0.3, 0.4) is 0 Å². The molecule has 0 saturated heterocycles. The molecule has 0 unspecified atom stereocenters. The predicted molar refractivity (Wildman–Crippen MR) is 145 cm³/mol. The van der Waals surface area contributed by atoms with Gasteiger partial charge in [0.2, 0.25) is 0 Å². The van der Waals surface area contributed by atoms with Crippen molar-refractivity contribution >= 4 is 66.4 Å². The van der Waals surface area contributed by atoms with Crippen LogP contribution in [0.5, 0.6) is 0 Å². The molecule has 29 heavy (non-hydrogen) atoms. The van der Waals surface area contributed by atoms with Crippen molar-refractivity contribution in [1.82, 2.24) is 9.80 Å². The number of hydrogen-bond acceptors (Lipinski definition) is 5. The number of benzene rings is 2. The average molecular weight is 485 g/mol. The summed E-state index contributed by atoms with van der Waals surface area (Å²) in [4.78, 5) is 6.36. The van der Waals surface area contributed by atoms with Crippen molar-refractivity contribution in [2.45, 2.75) is 36.5 Å². The third-order valence-electron chi connectivity index (χ3n) is 3.14. The monoisotopic (exact) mass is 484 g/mol. The molecule has 0 saturated carbocycles. The molecule has 0 amide bonds. The topological polar surface area (TPSA) is 6.48 Å². The van der Waals surface area contributed by atoms with Crippen LogP contribution < -0.4 is 0 Å². The van der Waals surface area contributed by atoms with Gasteiger partial charge in [0.15, 0.2) is 0 Å². The van der Waals surface area contributed by atoms with Crippen LogP contribution in [0.1, 0.15) is 26.7 Å². The molecule has 0 bridgehead atoms. The second-order valence-corrected chi connectivity index (χ2v) is 10.8. The first-order valence-corrected chi connectivity index (χ1v) is 13.1. The maximum atomic E-state index is 5.07. The van der Waals surface area contributed by atoms with Gasteiger partial charge < -0.3 is 9.80 Å². The molecule has 2 aromatic carbocycles. The van der Waals surface area contributed by atoms with Gasteiger partial charge in [0.25, 0.3) is 0 Å². The van der Waals surface area contributed by atoms with E-state index in [0.29, 0.717) is 0 Å². The first-order valence-electron chi connectivity index (χ1n) is 9.36. The summed E-state index contributed by atoms with van der Waals surface area (Å²) in [6, 6.07) is 20.8. The van der Waals surface area contributed by atoms with E-state index in [4.69, 9.17) is 24.4 Å². The number of rotatable bonds is 3. The van der Waals surface area contributed by atoms with Crippen molar-refractivity contribution in [3.63, 3.8) is 0 Å². The third kappa shape index (κ3) is 15.7. The quantitative estimate of drug-likeness (QED) is 0.321. The molecule has 0 aromatic heterocycles. The molecule has 0 heterocycles. The molecule has 2 aromatic rings. The summed E-state index contributed by atoms with van der Waals surface area (Å²) in [6.07, 6.45) is 2.64. The Bertz CT molecular complexity index is 617. The maximum Gasteiger partial charge on any atom is 0.146 e. The van der Waals surface area contributed by atoms with Crippen LogP contribution in [-0.2, 0) is 0 Å². The highest BCUT2D eigenvalue weighted by Gasteiger charge is 2.05. The Morgan fingerprint density at radius 1 is 0.655 bits per heavy atom. The molecule has 0 fully saturated rings. The van der Waals surface area contributed by atoms with Gasteiger partial charge in [-0.15, -0.1) is 0 Å². The van der Waals surface area contributed by atoms with Crippen molar-refractivity contribution in [2.24, 2.45) is 0 Å². The Hall–Kier alpha value is -0.730. The molecule has 0 spiro atoms. The zero-order valence-corrected chi connectivity index (χ0v) is 22.2. The zero-order valence-electron chi connectivity index (χ0n) is 18.1. The van der Waals surface area contributed by atoms with E-state index in [1.807, 2.05) is 50.1 Å². The minimum absolute atomic E-state index is 0.837. The van der Waals surface area contributed by atoms with Gasteiger partial charge in [-0.05, 0) is 45.9 Å². The van der Waals surface area contributed by atoms with Crippen molar-refractivity contribution in [1.29, 1.82) is 0 Å². The molecule has 2 rings (SSSR count). The van der Waals surface area contributed by atoms with Crippen molar-refractivity contribution in [2.75, 3.05) is 28.2 Å². The van der Waals surface area contributed by atoms with Gasteiger partial charge in [0.05, 0.1) is 0 Å². The van der Waals surface area contributed by atoms with Gasteiger partial charge in [-0.2, -0.15) is 0 Å². The van der Waals surface area contributed by atoms with E-state index in [2.05, 4.69) is 62.4 Å². The highest BCUT2D eigenvalue weighted by molar-refractivity contribution is 8.89. The highest BCUT2D eigenvalue weighted by atomic mass is 33.1. The predicted octanol–water partition coefficient (Wildman–Crippen LogP) is 7.71. The number of hydrogen-bond donors (Lipinski definition) is 0. The van der Waals surface area contributed by atoms with E-state index < -0.39 is 0 Å². The first-order chi connectivity index (χ1) is 13.8. The molecule has 0 aliphatic carbocycles. The lowest BCUT2D eigenvalue weighted by Gasteiger charge is -2.15. The Morgan fingerprint density at radius 2 is 0.966 bits per heavy atom. The molecule has 160 valence electrons. The standard InChI is InChI=1S/C12H10S.C6H12N2S4.C4H10/c1-3-7-11(8-4-1)13-12-9-5-2-6-10-12;1-7(2)5(9)11-12-6(10)8(3)4;1-3-4-2/h1-10H;1-4H3;3-4H2,1-2H3. The van der Waals surface area contributed by atoms with Crippen LogP contribution in [0.25, 0.3) is 0 Å². The Labute approximate surface area is 200 Å². The average Bonchev–Trinajstić information content (AvgIpc) is 2.73. The molecule has 7 heteroatoms. The van der Waals surface area contributed by atoms with Crippen molar-refractivity contribution in [3.8, 4) is 0 Å². The fourth-order valence-corrected chi connectivity index (χ4v) is 4.57. The molecule has 2 nitrogen and oxygen atoms in total. The van der Waals surface area contributed by atoms with E-state index in [0.717, 1.165) is 8.64 Å². The molecular weight excluding hydrogens is 453 g/mol. The second kappa shape index (κ2) is 18.1. The van der Waals surface area contributed by atoms with Gasteiger partial charge >= 0.3 is 0 Å². The lowest BCUT2D eigenvalue weighted by Crippen LogP contribution is -2.18. The van der Waals surface area contributed by atoms with Gasteiger partial charge in [-0.25, -0.2) is 0 Å². The number of thiocarbonyl (C=S) groups is 2. The summed E-state index contributed by atoms with van der Waals surface area (Å²) >= 11 is 11.9. The molecule has 0 radical (unpaired) electrons. The van der Waals surface area contributed by atoms with Crippen LogP contribution in [0.2, 0.25) is 0 Å². The molecule has 0 aliphatic heterocycles. The SMILES string of the molecule is CCCC.CN(C)C(=S)SSC(=S)N(C)C.c1ccc(Sc2ccccc2)cc1. The van der Waals surface area contributed by atoms with E-state index in [1.165, 1.54) is 44.2 Å². The minimum atomic E-state index is 0.837. The summed E-state index contributed by atoms with van der Waals surface area (Å²) in [6.45, 7) is 4.36. The van der Waals surface area contributed by atoms with E-state index in [1.54, 1.807) is 11.8 Å². The first kappa shape index (κ1) is 28.3. The minimum Gasteiger partial charge on any atom is -0.363 e. The summed E-state index contributed by atoms with van der Waals surface area (Å²) in [5.74, 6) is 0. The second-order valence-electron chi connectivity index (χ2n) is 6.22. The van der Waals surface area contributed by atoms with Crippen LogP contribution in [0, 0.1) is 0 Å². The van der Waals surface area contributed by atoms with Gasteiger partial charge in [-0.3, -0.25) is 0 Å². The van der Waals surface area contributed by atoms with Crippen LogP contribution in [-0.4, -0.2) is 46.6 Å². The smallest absolute Gasteiger partial charge is 0.146 e. The van der Waals surface area contributed by atoms with Crippen LogP contribution in [0.4, 0.5) is 0 Å². The van der Waals surface area contributed by atoms with E-state index in [-0.39, 0.29) is 0 Å². The molecule has 0 aliphatic rings. The lowest BCUT2D eigenvalue weighted by molar-refractivity contribution is 0.647. The van der Waals surface area contributed by atoms with Gasteiger partial charge in [0, 0.05) is 38.0 Å². The van der Waals surface area contributed by atoms with Gasteiger partial charge in [0.1, 0.15) is 8.64 Å². The molecule has 0 atom stereocenters. The Kier molecular flexibility index (Phi) is 17.6. The van der Waals surface area contributed by atoms with Crippen LogP contribution in [0.15, 0.2) is 70.5 Å². The highest BCUT2D eigenvalue weighted by Crippen LogP contribution is 2.27. The lowest BCUT2D eigenvalue weighted by atomic mass is 10.4. The fraction of sp³-hybridized carbons (Fsp3) is 0.364. The molecule has 0 N–H and O–H groups in total. The largest absolute Gasteiger partial charge is 0.363 e. The summed E-state index contributed by atoms with van der Waals surface area (Å²) in [5.41, 5.74) is 0.